The van der Waals surface area contributed by atoms with E-state index in [9.17, 15) is 15.3 Å². The second-order valence-electron chi connectivity index (χ2n) is 4.76. The summed E-state index contributed by atoms with van der Waals surface area (Å²) in [5.41, 5.74) is 0. The van der Waals surface area contributed by atoms with Crippen molar-refractivity contribution in [2.24, 2.45) is 0 Å². The number of β-amino-alcohol motifs (C(OH)–C–C–N with tert-alkyl or cyclic N) is 1. The molecule has 0 aromatic rings. The Hall–Kier alpha value is -0.240. The number of likely N-dealkylation sites (tertiary alicyclic amines) is 1. The Kier molecular flexibility index (Phi) is 4.72. The van der Waals surface area contributed by atoms with Crippen molar-refractivity contribution in [2.75, 3.05) is 52.5 Å². The van der Waals surface area contributed by atoms with Crippen molar-refractivity contribution < 1.29 is 20.1 Å². The van der Waals surface area contributed by atoms with Crippen LogP contribution in [-0.2, 0) is 4.74 Å². The highest BCUT2D eigenvalue weighted by Crippen LogP contribution is 2.18. The average molecular weight is 246 g/mol. The van der Waals surface area contributed by atoms with E-state index in [1.165, 1.54) is 0 Å². The third kappa shape index (κ3) is 3.15. The van der Waals surface area contributed by atoms with E-state index >= 15 is 0 Å². The number of aliphatic hydroxyl groups excluding tert-OH is 3. The van der Waals surface area contributed by atoms with E-state index in [2.05, 4.69) is 4.90 Å². The lowest BCUT2D eigenvalue weighted by Gasteiger charge is -2.30. The summed E-state index contributed by atoms with van der Waals surface area (Å²) >= 11 is 0. The van der Waals surface area contributed by atoms with Crippen molar-refractivity contribution in [1.82, 2.24) is 9.80 Å². The molecule has 2 rings (SSSR count). The summed E-state index contributed by atoms with van der Waals surface area (Å²) in [5, 5.41) is 28.5. The lowest BCUT2D eigenvalue weighted by Crippen LogP contribution is -2.45. The summed E-state index contributed by atoms with van der Waals surface area (Å²) in [6.45, 7) is 5.39. The van der Waals surface area contributed by atoms with Gasteiger partial charge < -0.3 is 20.1 Å². The van der Waals surface area contributed by atoms with Crippen LogP contribution in [0.1, 0.15) is 0 Å². The van der Waals surface area contributed by atoms with Gasteiger partial charge in [0.25, 0.3) is 0 Å². The number of hydrogen-bond donors (Lipinski definition) is 3. The smallest absolute Gasteiger partial charge is 0.0988 e. The van der Waals surface area contributed by atoms with Gasteiger partial charge in [0.05, 0.1) is 38.1 Å². The van der Waals surface area contributed by atoms with Gasteiger partial charge in [0.1, 0.15) is 0 Å². The molecule has 6 heteroatoms. The minimum absolute atomic E-state index is 0.110. The molecule has 17 heavy (non-hydrogen) atoms. The van der Waals surface area contributed by atoms with Gasteiger partial charge in [-0.1, -0.05) is 0 Å². The summed E-state index contributed by atoms with van der Waals surface area (Å²) in [4.78, 5) is 4.26. The summed E-state index contributed by atoms with van der Waals surface area (Å²) in [6, 6.07) is -0.328. The summed E-state index contributed by atoms with van der Waals surface area (Å²) in [6.07, 6.45) is -1.57. The maximum Gasteiger partial charge on any atom is 0.0988 e. The molecule has 3 N–H and O–H groups in total. The quantitative estimate of drug-likeness (QED) is 0.519. The SMILES string of the molecule is OCC1C(O)C(O)CN1CCN1CCOCC1. The van der Waals surface area contributed by atoms with E-state index < -0.39 is 12.2 Å². The molecule has 3 unspecified atom stereocenters. The van der Waals surface area contributed by atoms with Crippen LogP contribution in [0.15, 0.2) is 0 Å². The van der Waals surface area contributed by atoms with E-state index in [0.29, 0.717) is 6.54 Å². The second-order valence-corrected chi connectivity index (χ2v) is 4.76. The van der Waals surface area contributed by atoms with Gasteiger partial charge in [-0.05, 0) is 0 Å². The lowest BCUT2D eigenvalue weighted by molar-refractivity contribution is 0.0154. The maximum atomic E-state index is 9.68. The highest BCUT2D eigenvalue weighted by Gasteiger charge is 2.39. The molecule has 2 heterocycles. The van der Waals surface area contributed by atoms with Gasteiger partial charge in [0, 0.05) is 32.7 Å². The summed E-state index contributed by atoms with van der Waals surface area (Å²) in [7, 11) is 0. The molecule has 6 nitrogen and oxygen atoms in total. The minimum Gasteiger partial charge on any atom is -0.395 e. The van der Waals surface area contributed by atoms with Gasteiger partial charge in [0.2, 0.25) is 0 Å². The first-order chi connectivity index (χ1) is 8.22. The van der Waals surface area contributed by atoms with Crippen molar-refractivity contribution in [3.8, 4) is 0 Å². The van der Waals surface area contributed by atoms with E-state index in [4.69, 9.17) is 4.74 Å². The van der Waals surface area contributed by atoms with E-state index in [1.54, 1.807) is 0 Å². The zero-order chi connectivity index (χ0) is 12.3. The molecule has 0 aromatic carbocycles. The van der Waals surface area contributed by atoms with Gasteiger partial charge in [-0.2, -0.15) is 0 Å². The molecule has 0 amide bonds. The number of nitrogens with zero attached hydrogens (tertiary/aromatic N) is 2. The van der Waals surface area contributed by atoms with Gasteiger partial charge in [-0.3, -0.25) is 9.80 Å². The molecule has 0 radical (unpaired) electrons. The largest absolute Gasteiger partial charge is 0.395 e. The Morgan fingerprint density at radius 1 is 1.12 bits per heavy atom. The van der Waals surface area contributed by atoms with Crippen LogP contribution in [0.3, 0.4) is 0 Å². The van der Waals surface area contributed by atoms with Crippen LogP contribution in [0.5, 0.6) is 0 Å². The average Bonchev–Trinajstić information content (AvgIpc) is 2.63. The molecule has 2 fully saturated rings. The fraction of sp³-hybridized carbons (Fsp3) is 1.00. The van der Waals surface area contributed by atoms with Crippen LogP contribution in [0.25, 0.3) is 0 Å². The van der Waals surface area contributed by atoms with Crippen molar-refractivity contribution in [1.29, 1.82) is 0 Å². The molecule has 100 valence electrons. The van der Waals surface area contributed by atoms with Crippen LogP contribution >= 0.6 is 0 Å². The molecule has 3 atom stereocenters. The summed E-state index contributed by atoms with van der Waals surface area (Å²) < 4.78 is 5.27. The van der Waals surface area contributed by atoms with Crippen LogP contribution in [-0.4, -0.2) is 95.9 Å². The predicted octanol–water partition coefficient (Wildman–Crippen LogP) is -2.28. The third-order valence-corrected chi connectivity index (χ3v) is 3.67. The summed E-state index contributed by atoms with van der Waals surface area (Å²) in [5.74, 6) is 0. The van der Waals surface area contributed by atoms with Crippen LogP contribution < -0.4 is 0 Å². The van der Waals surface area contributed by atoms with Gasteiger partial charge in [0.15, 0.2) is 0 Å². The van der Waals surface area contributed by atoms with Crippen molar-refractivity contribution >= 4 is 0 Å². The third-order valence-electron chi connectivity index (χ3n) is 3.67. The molecule has 0 saturated carbocycles. The van der Waals surface area contributed by atoms with Crippen molar-refractivity contribution in [2.45, 2.75) is 18.2 Å². The van der Waals surface area contributed by atoms with E-state index in [0.717, 1.165) is 39.4 Å². The monoisotopic (exact) mass is 246 g/mol. The van der Waals surface area contributed by atoms with Crippen LogP contribution in [0.2, 0.25) is 0 Å². The predicted molar refractivity (Wildman–Crippen MR) is 61.7 cm³/mol. The Morgan fingerprint density at radius 3 is 2.47 bits per heavy atom. The Morgan fingerprint density at radius 2 is 1.82 bits per heavy atom. The number of morpholine rings is 1. The first-order valence-electron chi connectivity index (χ1n) is 6.23. The minimum atomic E-state index is -0.829. The number of ether oxygens (including phenoxy) is 1. The fourth-order valence-corrected chi connectivity index (χ4v) is 2.53. The van der Waals surface area contributed by atoms with Crippen molar-refractivity contribution in [3.05, 3.63) is 0 Å². The highest BCUT2D eigenvalue weighted by atomic mass is 16.5. The number of hydrogen-bond acceptors (Lipinski definition) is 6. The van der Waals surface area contributed by atoms with Gasteiger partial charge >= 0.3 is 0 Å². The van der Waals surface area contributed by atoms with Gasteiger partial charge in [-0.15, -0.1) is 0 Å². The van der Waals surface area contributed by atoms with Crippen LogP contribution in [0, 0.1) is 0 Å². The standard InChI is InChI=1S/C11H22N2O4/c14-8-9-11(16)10(15)7-13(9)2-1-12-3-5-17-6-4-12/h9-11,14-16H,1-8H2. The van der Waals surface area contributed by atoms with E-state index in [-0.39, 0.29) is 12.6 Å². The first-order valence-corrected chi connectivity index (χ1v) is 6.23. The van der Waals surface area contributed by atoms with Gasteiger partial charge in [-0.25, -0.2) is 0 Å². The topological polar surface area (TPSA) is 76.4 Å². The van der Waals surface area contributed by atoms with Crippen molar-refractivity contribution in [3.63, 3.8) is 0 Å². The fourth-order valence-electron chi connectivity index (χ4n) is 2.53. The second kappa shape index (κ2) is 6.08. The maximum absolute atomic E-state index is 9.68. The molecule has 0 spiro atoms. The lowest BCUT2D eigenvalue weighted by atomic mass is 10.1. The molecule has 2 saturated heterocycles. The molecular formula is C11H22N2O4. The van der Waals surface area contributed by atoms with E-state index in [1.807, 2.05) is 4.90 Å². The molecule has 0 bridgehead atoms. The molecule has 2 aliphatic heterocycles. The normalized spacial score (nSPS) is 36.5. The number of rotatable bonds is 4. The zero-order valence-electron chi connectivity index (χ0n) is 10.0. The molecule has 0 aromatic heterocycles. The highest BCUT2D eigenvalue weighted by molar-refractivity contribution is 4.93. The number of aliphatic hydroxyl groups is 3. The Bertz CT molecular complexity index is 236. The van der Waals surface area contributed by atoms with Crippen LogP contribution in [0.4, 0.5) is 0 Å². The Balaban J connectivity index is 1.77. The molecular weight excluding hydrogens is 224 g/mol. The first kappa shape index (κ1) is 13.2. The molecule has 0 aliphatic carbocycles. The zero-order valence-corrected chi connectivity index (χ0v) is 10.0. The Labute approximate surface area is 101 Å². The molecule has 2 aliphatic rings.